The van der Waals surface area contributed by atoms with Gasteiger partial charge in [-0.15, -0.1) is 0 Å². The molecule has 0 bridgehead atoms. The number of H-pyrrole nitrogens is 1. The smallest absolute Gasteiger partial charge is 0.411 e. The molecule has 1 aliphatic rings. The number of ether oxygens (including phenoxy) is 1. The van der Waals surface area contributed by atoms with Gasteiger partial charge in [0.2, 0.25) is 5.91 Å². The highest BCUT2D eigenvalue weighted by molar-refractivity contribution is 5.96. The van der Waals surface area contributed by atoms with Gasteiger partial charge in [0.1, 0.15) is 12.3 Å². The molecule has 10 heteroatoms. The molecule has 4 N–H and O–H groups in total. The Bertz CT molecular complexity index is 1750. The van der Waals surface area contributed by atoms with Gasteiger partial charge in [0, 0.05) is 54.1 Å². The average molecular weight is 596 g/mol. The Hall–Kier alpha value is -4.96. The Balaban J connectivity index is 1.20. The van der Waals surface area contributed by atoms with E-state index in [1.165, 1.54) is 0 Å². The van der Waals surface area contributed by atoms with Crippen LogP contribution in [0.4, 0.5) is 21.9 Å². The number of aryl methyl sites for hydroxylation is 1. The first-order valence-electron chi connectivity index (χ1n) is 14.7. The number of fused-ring (bicyclic) bond motifs is 1. The number of aromatic nitrogens is 1. The van der Waals surface area contributed by atoms with Gasteiger partial charge in [0.05, 0.1) is 6.61 Å². The molecule has 1 fully saturated rings. The maximum atomic E-state index is 12.7. The van der Waals surface area contributed by atoms with Crippen LogP contribution in [0.3, 0.4) is 0 Å². The third kappa shape index (κ3) is 6.81. The third-order valence-corrected chi connectivity index (χ3v) is 7.94. The van der Waals surface area contributed by atoms with Crippen molar-refractivity contribution in [3.63, 3.8) is 0 Å². The number of aromatic amines is 1. The second-order valence-electron chi connectivity index (χ2n) is 11.1. The van der Waals surface area contributed by atoms with Crippen LogP contribution in [-0.2, 0) is 20.9 Å². The van der Waals surface area contributed by atoms with E-state index in [-0.39, 0.29) is 24.0 Å². The Labute approximate surface area is 255 Å². The SMILES string of the molecule is CNCc1cc(NC(=O)OC[C@H](C)c2ccc(C(C=O)Nc3ccc4cc[nH]c(=O)c4c3)cc2C)ccc1N1CCCC1=O. The van der Waals surface area contributed by atoms with E-state index in [9.17, 15) is 19.2 Å². The molecule has 5 rings (SSSR count). The summed E-state index contributed by atoms with van der Waals surface area (Å²) in [5, 5.41) is 10.5. The highest BCUT2D eigenvalue weighted by Crippen LogP contribution is 2.29. The van der Waals surface area contributed by atoms with E-state index in [0.717, 1.165) is 46.0 Å². The first-order valence-corrected chi connectivity index (χ1v) is 14.7. The standard InChI is InChI=1S/C34H37N5O5/c1-21-15-24(30(19-40)37-27-8-6-23-12-13-36-33(42)29(23)17-27)7-10-28(21)22(2)20-44-34(43)38-26-9-11-31(25(16-26)18-35-3)39-14-4-5-32(39)41/h6-13,15-17,19,22,30,35,37H,4-5,14,18,20H2,1-3H3,(H,36,42)(H,38,43)/t22-,30?/m0/s1. The summed E-state index contributed by atoms with van der Waals surface area (Å²) in [6, 6.07) is 17.9. The predicted molar refractivity (Wildman–Crippen MR) is 172 cm³/mol. The molecule has 2 heterocycles. The van der Waals surface area contributed by atoms with Gasteiger partial charge in [-0.05, 0) is 84.4 Å². The average Bonchev–Trinajstić information content (AvgIpc) is 3.44. The molecule has 1 unspecified atom stereocenters. The van der Waals surface area contributed by atoms with Crippen molar-refractivity contribution in [3.8, 4) is 0 Å². The molecule has 2 atom stereocenters. The molecule has 0 spiro atoms. The Morgan fingerprint density at radius 3 is 2.61 bits per heavy atom. The Kier molecular flexibility index (Phi) is 9.40. The van der Waals surface area contributed by atoms with Crippen molar-refractivity contribution in [2.45, 2.75) is 45.2 Å². The minimum absolute atomic E-state index is 0.0898. The van der Waals surface area contributed by atoms with Gasteiger partial charge in [-0.25, -0.2) is 4.79 Å². The van der Waals surface area contributed by atoms with Crippen molar-refractivity contribution in [2.75, 3.05) is 35.7 Å². The summed E-state index contributed by atoms with van der Waals surface area (Å²) in [6.45, 7) is 5.35. The summed E-state index contributed by atoms with van der Waals surface area (Å²) in [5.41, 5.74) is 5.59. The lowest BCUT2D eigenvalue weighted by atomic mass is 9.93. The fourth-order valence-corrected chi connectivity index (χ4v) is 5.70. The first-order chi connectivity index (χ1) is 21.3. The number of amides is 2. The summed E-state index contributed by atoms with van der Waals surface area (Å²) >= 11 is 0. The summed E-state index contributed by atoms with van der Waals surface area (Å²) in [7, 11) is 1.84. The van der Waals surface area contributed by atoms with Crippen molar-refractivity contribution < 1.29 is 19.1 Å². The summed E-state index contributed by atoms with van der Waals surface area (Å²) in [5.74, 6) is 0.0218. The Morgan fingerprint density at radius 1 is 1.07 bits per heavy atom. The fraction of sp³-hybridized carbons (Fsp3) is 0.294. The quantitative estimate of drug-likeness (QED) is 0.171. The van der Waals surface area contributed by atoms with Crippen molar-refractivity contribution >= 4 is 46.1 Å². The van der Waals surface area contributed by atoms with E-state index in [2.05, 4.69) is 20.9 Å². The van der Waals surface area contributed by atoms with Gasteiger partial charge in [-0.3, -0.25) is 14.9 Å². The van der Waals surface area contributed by atoms with Gasteiger partial charge in [-0.2, -0.15) is 0 Å². The van der Waals surface area contributed by atoms with E-state index < -0.39 is 12.1 Å². The number of nitrogens with one attached hydrogen (secondary N) is 4. The molecular weight excluding hydrogens is 558 g/mol. The number of hydrogen-bond donors (Lipinski definition) is 4. The number of carbonyl (C=O) groups is 3. The summed E-state index contributed by atoms with van der Waals surface area (Å²) in [6.07, 6.45) is 3.27. The third-order valence-electron chi connectivity index (χ3n) is 7.94. The number of aldehydes is 1. The van der Waals surface area contributed by atoms with Crippen LogP contribution in [-0.4, -0.2) is 43.5 Å². The molecule has 0 radical (unpaired) electrons. The lowest BCUT2D eigenvalue weighted by Crippen LogP contribution is -2.26. The lowest BCUT2D eigenvalue weighted by Gasteiger charge is -2.21. The molecule has 0 aliphatic carbocycles. The monoisotopic (exact) mass is 595 g/mol. The van der Waals surface area contributed by atoms with Crippen LogP contribution in [0.15, 0.2) is 71.7 Å². The van der Waals surface area contributed by atoms with Crippen LogP contribution in [0.1, 0.15) is 54.0 Å². The molecule has 3 aromatic carbocycles. The minimum Gasteiger partial charge on any atom is -0.449 e. The molecule has 44 heavy (non-hydrogen) atoms. The number of carbonyl (C=O) groups excluding carboxylic acids is 3. The molecule has 4 aromatic rings. The van der Waals surface area contributed by atoms with E-state index in [4.69, 9.17) is 4.74 Å². The van der Waals surface area contributed by atoms with E-state index in [1.807, 2.05) is 69.4 Å². The minimum atomic E-state index is -0.608. The summed E-state index contributed by atoms with van der Waals surface area (Å²) in [4.78, 5) is 53.6. The number of nitrogens with zero attached hydrogens (tertiary/aromatic N) is 1. The summed E-state index contributed by atoms with van der Waals surface area (Å²) < 4.78 is 5.56. The zero-order valence-corrected chi connectivity index (χ0v) is 25.1. The van der Waals surface area contributed by atoms with E-state index >= 15 is 0 Å². The van der Waals surface area contributed by atoms with Gasteiger partial charge < -0.3 is 30.0 Å². The highest BCUT2D eigenvalue weighted by atomic mass is 16.5. The van der Waals surface area contributed by atoms with Crippen molar-refractivity contribution in [3.05, 3.63) is 99.5 Å². The molecule has 2 amide bonds. The molecule has 0 saturated carbocycles. The first kappa shape index (κ1) is 30.5. The van der Waals surface area contributed by atoms with Crippen LogP contribution in [0.25, 0.3) is 10.8 Å². The zero-order valence-electron chi connectivity index (χ0n) is 25.1. The number of benzene rings is 3. The number of anilines is 3. The predicted octanol–water partition coefficient (Wildman–Crippen LogP) is 5.39. The molecular formula is C34H37N5O5. The second kappa shape index (κ2) is 13.6. The van der Waals surface area contributed by atoms with Crippen molar-refractivity contribution in [1.82, 2.24) is 10.3 Å². The van der Waals surface area contributed by atoms with Crippen LogP contribution in [0.5, 0.6) is 0 Å². The zero-order chi connectivity index (χ0) is 31.2. The van der Waals surface area contributed by atoms with Crippen LogP contribution in [0, 0.1) is 6.92 Å². The molecule has 10 nitrogen and oxygen atoms in total. The van der Waals surface area contributed by atoms with Gasteiger partial charge in [0.15, 0.2) is 0 Å². The number of pyridine rings is 1. The lowest BCUT2D eigenvalue weighted by molar-refractivity contribution is -0.117. The van der Waals surface area contributed by atoms with Gasteiger partial charge >= 0.3 is 6.09 Å². The second-order valence-corrected chi connectivity index (χ2v) is 11.1. The molecule has 1 aliphatic heterocycles. The van der Waals surface area contributed by atoms with Crippen LogP contribution in [0.2, 0.25) is 0 Å². The van der Waals surface area contributed by atoms with Crippen molar-refractivity contribution in [2.24, 2.45) is 0 Å². The van der Waals surface area contributed by atoms with E-state index in [0.29, 0.717) is 36.3 Å². The topological polar surface area (TPSA) is 133 Å². The number of hydrogen-bond acceptors (Lipinski definition) is 7. The molecule has 1 aromatic heterocycles. The normalized spacial score (nSPS) is 14.3. The number of rotatable bonds is 11. The Morgan fingerprint density at radius 2 is 1.89 bits per heavy atom. The maximum Gasteiger partial charge on any atom is 0.411 e. The maximum absolute atomic E-state index is 12.7. The largest absolute Gasteiger partial charge is 0.449 e. The molecule has 1 saturated heterocycles. The van der Waals surface area contributed by atoms with Crippen molar-refractivity contribution in [1.29, 1.82) is 0 Å². The van der Waals surface area contributed by atoms with Gasteiger partial charge in [0.25, 0.3) is 5.56 Å². The van der Waals surface area contributed by atoms with E-state index in [1.54, 1.807) is 23.2 Å². The highest BCUT2D eigenvalue weighted by Gasteiger charge is 2.24. The van der Waals surface area contributed by atoms with Crippen LogP contribution >= 0.6 is 0 Å². The van der Waals surface area contributed by atoms with Gasteiger partial charge in [-0.1, -0.05) is 31.2 Å². The molecule has 228 valence electrons. The fourth-order valence-electron chi connectivity index (χ4n) is 5.70. The van der Waals surface area contributed by atoms with Crippen LogP contribution < -0.4 is 26.4 Å².